The molecule has 0 fully saturated rings. The molecule has 0 saturated heterocycles. The van der Waals surface area contributed by atoms with Gasteiger partial charge in [-0.3, -0.25) is 0 Å². The second-order valence-electron chi connectivity index (χ2n) is 4.10. The number of anilines is 2. The van der Waals surface area contributed by atoms with Gasteiger partial charge in [0, 0.05) is 12.6 Å². The highest BCUT2D eigenvalue weighted by Gasteiger charge is 2.25. The van der Waals surface area contributed by atoms with Crippen LogP contribution in [0, 0.1) is 0 Å². The average Bonchev–Trinajstić information content (AvgIpc) is 2.38. The monoisotopic (exact) mass is 300 g/mol. The van der Waals surface area contributed by atoms with E-state index in [9.17, 15) is 0 Å². The molecule has 0 radical (unpaired) electrons. The third-order valence-corrected chi connectivity index (χ3v) is 4.19. The van der Waals surface area contributed by atoms with Crippen molar-refractivity contribution in [2.75, 3.05) is 17.7 Å². The van der Waals surface area contributed by atoms with Gasteiger partial charge in [-0.05, 0) is 35.2 Å². The molecule has 1 aromatic rings. The van der Waals surface area contributed by atoms with E-state index in [1.807, 2.05) is 7.05 Å². The zero-order valence-electron chi connectivity index (χ0n) is 11.0. The number of hydrogen-bond donors (Lipinski definition) is 2. The van der Waals surface area contributed by atoms with Crippen molar-refractivity contribution in [2.24, 2.45) is 0 Å². The van der Waals surface area contributed by atoms with Crippen molar-refractivity contribution in [3.05, 3.63) is 10.8 Å². The number of hydrogen-bond acceptors (Lipinski definition) is 4. The number of aromatic nitrogens is 2. The summed E-state index contributed by atoms with van der Waals surface area (Å²) in [4.78, 5) is 8.46. The van der Waals surface area contributed by atoms with E-state index in [1.165, 1.54) is 0 Å². The SMILES string of the molecule is CCC(CC)(CC)Nc1ncnc(NC)c1Br. The van der Waals surface area contributed by atoms with Crippen LogP contribution in [-0.2, 0) is 0 Å². The van der Waals surface area contributed by atoms with E-state index >= 15 is 0 Å². The third-order valence-electron chi connectivity index (χ3n) is 3.44. The predicted octanol–water partition coefficient (Wildman–Crippen LogP) is 3.66. The Hall–Kier alpha value is -0.840. The molecule has 0 aliphatic rings. The molecule has 2 N–H and O–H groups in total. The van der Waals surface area contributed by atoms with E-state index < -0.39 is 0 Å². The zero-order valence-corrected chi connectivity index (χ0v) is 12.6. The van der Waals surface area contributed by atoms with Crippen LogP contribution in [0.5, 0.6) is 0 Å². The number of nitrogens with zero attached hydrogens (tertiary/aromatic N) is 2. The van der Waals surface area contributed by atoms with Crippen LogP contribution in [0.2, 0.25) is 0 Å². The summed E-state index contributed by atoms with van der Waals surface area (Å²) in [7, 11) is 1.85. The van der Waals surface area contributed by atoms with Crippen LogP contribution in [0.3, 0.4) is 0 Å². The van der Waals surface area contributed by atoms with Crippen LogP contribution in [0.15, 0.2) is 10.8 Å². The first-order valence-electron chi connectivity index (χ1n) is 6.08. The van der Waals surface area contributed by atoms with E-state index in [4.69, 9.17) is 0 Å². The summed E-state index contributed by atoms with van der Waals surface area (Å²) in [5, 5.41) is 6.58. The molecule has 1 aromatic heterocycles. The lowest BCUT2D eigenvalue weighted by molar-refractivity contribution is 0.418. The molecule has 0 aliphatic heterocycles. The number of rotatable bonds is 6. The fourth-order valence-corrected chi connectivity index (χ4v) is 2.40. The zero-order chi connectivity index (χ0) is 12.9. The molecule has 1 heterocycles. The number of nitrogens with one attached hydrogen (secondary N) is 2. The van der Waals surface area contributed by atoms with Crippen LogP contribution in [-0.4, -0.2) is 22.6 Å². The van der Waals surface area contributed by atoms with Crippen molar-refractivity contribution in [3.63, 3.8) is 0 Å². The summed E-state index contributed by atoms with van der Waals surface area (Å²) >= 11 is 3.53. The molecule has 17 heavy (non-hydrogen) atoms. The highest BCUT2D eigenvalue weighted by molar-refractivity contribution is 9.10. The van der Waals surface area contributed by atoms with Gasteiger partial charge in [-0.25, -0.2) is 9.97 Å². The topological polar surface area (TPSA) is 49.8 Å². The molecule has 96 valence electrons. The molecular weight excluding hydrogens is 280 g/mol. The maximum Gasteiger partial charge on any atom is 0.146 e. The molecule has 4 nitrogen and oxygen atoms in total. The highest BCUT2D eigenvalue weighted by atomic mass is 79.9. The molecule has 0 spiro atoms. The van der Waals surface area contributed by atoms with Gasteiger partial charge in [-0.2, -0.15) is 0 Å². The lowest BCUT2D eigenvalue weighted by Crippen LogP contribution is -2.36. The summed E-state index contributed by atoms with van der Waals surface area (Å²) in [5.41, 5.74) is 0.113. The lowest BCUT2D eigenvalue weighted by atomic mass is 9.90. The molecule has 0 bridgehead atoms. The molecule has 5 heteroatoms. The molecule has 0 saturated carbocycles. The minimum atomic E-state index is 0.113. The summed E-state index contributed by atoms with van der Waals surface area (Å²) < 4.78 is 0.891. The number of halogens is 1. The van der Waals surface area contributed by atoms with Gasteiger partial charge in [0.2, 0.25) is 0 Å². The van der Waals surface area contributed by atoms with Gasteiger partial charge >= 0.3 is 0 Å². The normalized spacial score (nSPS) is 11.4. The summed E-state index contributed by atoms with van der Waals surface area (Å²) in [5.74, 6) is 1.66. The van der Waals surface area contributed by atoms with Crippen molar-refractivity contribution < 1.29 is 0 Å². The van der Waals surface area contributed by atoms with Crippen molar-refractivity contribution in [3.8, 4) is 0 Å². The van der Waals surface area contributed by atoms with Gasteiger partial charge in [0.25, 0.3) is 0 Å². The van der Waals surface area contributed by atoms with Gasteiger partial charge in [0.15, 0.2) is 0 Å². The fraction of sp³-hybridized carbons (Fsp3) is 0.667. The Labute approximate surface area is 112 Å². The Kier molecular flexibility index (Phi) is 5.18. The van der Waals surface area contributed by atoms with Crippen molar-refractivity contribution in [1.29, 1.82) is 0 Å². The van der Waals surface area contributed by atoms with E-state index in [0.29, 0.717) is 0 Å². The van der Waals surface area contributed by atoms with Crippen molar-refractivity contribution in [1.82, 2.24) is 9.97 Å². The minimum Gasteiger partial charge on any atom is -0.372 e. The van der Waals surface area contributed by atoms with Gasteiger partial charge in [0.05, 0.1) is 0 Å². The Morgan fingerprint density at radius 1 is 1.12 bits per heavy atom. The minimum absolute atomic E-state index is 0.113. The third kappa shape index (κ3) is 3.09. The predicted molar refractivity (Wildman–Crippen MR) is 76.5 cm³/mol. The van der Waals surface area contributed by atoms with E-state index in [-0.39, 0.29) is 5.54 Å². The highest BCUT2D eigenvalue weighted by Crippen LogP contribution is 2.31. The maximum absolute atomic E-state index is 4.31. The van der Waals surface area contributed by atoms with Gasteiger partial charge in [-0.1, -0.05) is 20.8 Å². The first kappa shape index (κ1) is 14.2. The van der Waals surface area contributed by atoms with Crippen molar-refractivity contribution >= 4 is 27.6 Å². The smallest absolute Gasteiger partial charge is 0.146 e. The standard InChI is InChI=1S/C12H21BrN4/c1-5-12(6-2,7-3)17-11-9(13)10(14-4)15-8-16-11/h8H,5-7H2,1-4H3,(H2,14,15,16,17). The lowest BCUT2D eigenvalue weighted by Gasteiger charge is -2.32. The largest absolute Gasteiger partial charge is 0.372 e. The molecule has 0 unspecified atom stereocenters. The van der Waals surface area contributed by atoms with Crippen LogP contribution in [0.25, 0.3) is 0 Å². The Morgan fingerprint density at radius 2 is 1.65 bits per heavy atom. The Bertz CT molecular complexity index is 355. The quantitative estimate of drug-likeness (QED) is 0.842. The Morgan fingerprint density at radius 3 is 2.12 bits per heavy atom. The molecular formula is C12H21BrN4. The van der Waals surface area contributed by atoms with Crippen molar-refractivity contribution in [2.45, 2.75) is 45.6 Å². The molecule has 0 aliphatic carbocycles. The Balaban J connectivity index is 3.01. The molecule has 0 atom stereocenters. The van der Waals surface area contributed by atoms with Gasteiger partial charge in [-0.15, -0.1) is 0 Å². The van der Waals surface area contributed by atoms with E-state index in [2.05, 4.69) is 57.3 Å². The average molecular weight is 301 g/mol. The van der Waals surface area contributed by atoms with E-state index in [1.54, 1.807) is 6.33 Å². The van der Waals surface area contributed by atoms with Crippen LogP contribution >= 0.6 is 15.9 Å². The first-order valence-corrected chi connectivity index (χ1v) is 6.88. The second kappa shape index (κ2) is 6.19. The summed E-state index contributed by atoms with van der Waals surface area (Å²) in [6.45, 7) is 6.61. The van der Waals surface area contributed by atoms with Gasteiger partial charge in [0.1, 0.15) is 22.4 Å². The maximum atomic E-state index is 4.31. The first-order chi connectivity index (χ1) is 8.12. The molecule has 0 aromatic carbocycles. The molecule has 0 amide bonds. The second-order valence-corrected chi connectivity index (χ2v) is 4.89. The van der Waals surface area contributed by atoms with Crippen LogP contribution in [0.1, 0.15) is 40.0 Å². The van der Waals surface area contributed by atoms with Crippen LogP contribution < -0.4 is 10.6 Å². The van der Waals surface area contributed by atoms with E-state index in [0.717, 1.165) is 35.4 Å². The molecule has 1 rings (SSSR count). The fourth-order valence-electron chi connectivity index (χ4n) is 1.90. The summed E-state index contributed by atoms with van der Waals surface area (Å²) in [6.07, 6.45) is 4.80. The summed E-state index contributed by atoms with van der Waals surface area (Å²) in [6, 6.07) is 0. The van der Waals surface area contributed by atoms with Gasteiger partial charge < -0.3 is 10.6 Å². The van der Waals surface area contributed by atoms with Crippen LogP contribution in [0.4, 0.5) is 11.6 Å².